The molecule has 7 nitrogen and oxygen atoms in total. The number of nitrogens with zero attached hydrogens (tertiary/aromatic N) is 5. The highest BCUT2D eigenvalue weighted by Gasteiger charge is 2.19. The number of fused-ring (bicyclic) bond motifs is 1. The lowest BCUT2D eigenvalue weighted by molar-refractivity contribution is 0.221. The Morgan fingerprint density at radius 2 is 1.59 bits per heavy atom. The molecule has 0 amide bonds. The fraction of sp³-hybridized carbons (Fsp3) is 0.233. The van der Waals surface area contributed by atoms with E-state index in [2.05, 4.69) is 51.4 Å². The van der Waals surface area contributed by atoms with Gasteiger partial charge in [0.15, 0.2) is 11.6 Å². The van der Waals surface area contributed by atoms with E-state index in [4.69, 9.17) is 15.5 Å². The highest BCUT2D eigenvalue weighted by atomic mass is 16.5. The van der Waals surface area contributed by atoms with Gasteiger partial charge in [0, 0.05) is 17.7 Å². The number of rotatable bonds is 7. The van der Waals surface area contributed by atoms with Crippen molar-refractivity contribution in [1.82, 2.24) is 24.5 Å². The Balaban J connectivity index is 1.34. The van der Waals surface area contributed by atoms with Crippen molar-refractivity contribution in [1.29, 1.82) is 0 Å². The Morgan fingerprint density at radius 1 is 0.811 bits per heavy atom. The predicted molar refractivity (Wildman–Crippen MR) is 146 cm³/mol. The molecule has 0 bridgehead atoms. The quantitative estimate of drug-likeness (QED) is 0.320. The Hall–Kier alpha value is -4.23. The summed E-state index contributed by atoms with van der Waals surface area (Å²) in [5.41, 5.74) is 12.1. The van der Waals surface area contributed by atoms with E-state index in [1.54, 1.807) is 4.52 Å². The number of ether oxygens (including phenoxy) is 1. The molecule has 2 aromatic heterocycles. The van der Waals surface area contributed by atoms with E-state index >= 15 is 0 Å². The molecule has 0 unspecified atom stereocenters. The summed E-state index contributed by atoms with van der Waals surface area (Å²) in [5.74, 6) is 1.90. The van der Waals surface area contributed by atoms with Crippen molar-refractivity contribution in [3.05, 3.63) is 96.3 Å². The molecule has 1 saturated heterocycles. The van der Waals surface area contributed by atoms with Crippen LogP contribution in [0, 0.1) is 0 Å². The minimum absolute atomic E-state index is 0.392. The van der Waals surface area contributed by atoms with Gasteiger partial charge in [0.1, 0.15) is 29.9 Å². The first-order chi connectivity index (χ1) is 18.2. The van der Waals surface area contributed by atoms with E-state index < -0.39 is 0 Å². The van der Waals surface area contributed by atoms with Crippen LogP contribution in [0.5, 0.6) is 5.75 Å². The van der Waals surface area contributed by atoms with E-state index in [0.717, 1.165) is 53.6 Å². The average Bonchev–Trinajstić information content (AvgIpc) is 3.35. The van der Waals surface area contributed by atoms with Crippen molar-refractivity contribution >= 4 is 11.3 Å². The molecule has 1 fully saturated rings. The molecule has 0 atom stereocenters. The summed E-state index contributed by atoms with van der Waals surface area (Å²) in [4.78, 5) is 11.8. The lowest BCUT2D eigenvalue weighted by atomic mass is 10.1. The van der Waals surface area contributed by atoms with E-state index in [1.165, 1.54) is 31.2 Å². The van der Waals surface area contributed by atoms with Gasteiger partial charge < -0.3 is 10.5 Å². The van der Waals surface area contributed by atoms with Crippen LogP contribution in [0.1, 0.15) is 30.4 Å². The molecule has 3 heterocycles. The van der Waals surface area contributed by atoms with Crippen LogP contribution in [-0.2, 0) is 13.2 Å². The van der Waals surface area contributed by atoms with Gasteiger partial charge in [-0.1, -0.05) is 67.1 Å². The minimum atomic E-state index is 0.392. The normalized spacial score (nSPS) is 14.2. The van der Waals surface area contributed by atoms with Gasteiger partial charge in [0.05, 0.1) is 0 Å². The maximum atomic E-state index is 6.36. The smallest absolute Gasteiger partial charge is 0.162 e. The number of anilines is 1. The first-order valence-corrected chi connectivity index (χ1v) is 12.8. The molecule has 0 saturated carbocycles. The lowest BCUT2D eigenvalue weighted by Gasteiger charge is -2.26. The SMILES string of the molecule is Nc1ncnn2c(-c3cccc(CN4CCCCC4)c3)nc(-c3cccc(OCc4ccccc4)c3)c12. The summed E-state index contributed by atoms with van der Waals surface area (Å²) >= 11 is 0. The van der Waals surface area contributed by atoms with Crippen molar-refractivity contribution in [2.45, 2.75) is 32.4 Å². The monoisotopic (exact) mass is 490 g/mol. The molecule has 0 aliphatic carbocycles. The van der Waals surface area contributed by atoms with Crippen LogP contribution in [0.25, 0.3) is 28.2 Å². The standard InChI is InChI=1S/C30H30N6O/c31-29-28-27(24-12-8-14-26(18-24)37-20-22-9-3-1-4-10-22)34-30(36(28)33-21-32-29)25-13-7-11-23(17-25)19-35-15-5-2-6-16-35/h1,3-4,7-14,17-18,21H,2,5-6,15-16,19-20H2,(H2,31,32,33). The molecule has 2 N–H and O–H groups in total. The molecule has 1 aliphatic heterocycles. The van der Waals surface area contributed by atoms with Crippen LogP contribution in [-0.4, -0.2) is 37.6 Å². The first kappa shape index (κ1) is 23.2. The molecule has 37 heavy (non-hydrogen) atoms. The second-order valence-electron chi connectivity index (χ2n) is 9.53. The van der Waals surface area contributed by atoms with E-state index in [9.17, 15) is 0 Å². The van der Waals surface area contributed by atoms with Crippen LogP contribution in [0.2, 0.25) is 0 Å². The third-order valence-corrected chi connectivity index (χ3v) is 6.86. The number of imidazole rings is 1. The third kappa shape index (κ3) is 5.04. The Bertz CT molecular complexity index is 1510. The topological polar surface area (TPSA) is 81.6 Å². The van der Waals surface area contributed by atoms with Crippen LogP contribution >= 0.6 is 0 Å². The number of nitrogen functional groups attached to an aromatic ring is 1. The van der Waals surface area contributed by atoms with E-state index in [0.29, 0.717) is 17.9 Å². The van der Waals surface area contributed by atoms with Gasteiger partial charge in [0.25, 0.3) is 0 Å². The number of aromatic nitrogens is 4. The number of hydrogen-bond acceptors (Lipinski definition) is 6. The molecule has 5 aromatic rings. The second kappa shape index (κ2) is 10.4. The number of likely N-dealkylation sites (tertiary alicyclic amines) is 1. The van der Waals surface area contributed by atoms with Crippen molar-refractivity contribution < 1.29 is 4.74 Å². The Labute approximate surface area is 216 Å². The summed E-state index contributed by atoms with van der Waals surface area (Å²) < 4.78 is 7.87. The van der Waals surface area contributed by atoms with Gasteiger partial charge in [-0.15, -0.1) is 0 Å². The van der Waals surface area contributed by atoms with Gasteiger partial charge in [-0.05, 0) is 55.3 Å². The number of hydrogen-bond donors (Lipinski definition) is 1. The Morgan fingerprint density at radius 3 is 2.46 bits per heavy atom. The minimum Gasteiger partial charge on any atom is -0.489 e. The molecule has 6 rings (SSSR count). The van der Waals surface area contributed by atoms with Crippen molar-refractivity contribution in [2.75, 3.05) is 18.8 Å². The van der Waals surface area contributed by atoms with Gasteiger partial charge >= 0.3 is 0 Å². The zero-order valence-corrected chi connectivity index (χ0v) is 20.8. The summed E-state index contributed by atoms with van der Waals surface area (Å²) in [7, 11) is 0. The van der Waals surface area contributed by atoms with Crippen LogP contribution in [0.3, 0.4) is 0 Å². The van der Waals surface area contributed by atoms with Gasteiger partial charge in [-0.3, -0.25) is 4.90 Å². The molecular formula is C30H30N6O. The van der Waals surface area contributed by atoms with E-state index in [-0.39, 0.29) is 0 Å². The van der Waals surface area contributed by atoms with Crippen LogP contribution in [0.4, 0.5) is 5.82 Å². The van der Waals surface area contributed by atoms with E-state index in [1.807, 2.05) is 42.5 Å². The van der Waals surface area contributed by atoms with Crippen molar-refractivity contribution in [3.63, 3.8) is 0 Å². The summed E-state index contributed by atoms with van der Waals surface area (Å²) in [6.07, 6.45) is 5.36. The zero-order chi connectivity index (χ0) is 25.0. The van der Waals surface area contributed by atoms with Crippen LogP contribution < -0.4 is 10.5 Å². The second-order valence-corrected chi connectivity index (χ2v) is 9.53. The molecule has 3 aromatic carbocycles. The highest BCUT2D eigenvalue weighted by Crippen LogP contribution is 2.33. The average molecular weight is 491 g/mol. The molecular weight excluding hydrogens is 460 g/mol. The van der Waals surface area contributed by atoms with Gasteiger partial charge in [-0.2, -0.15) is 5.10 Å². The molecule has 0 radical (unpaired) electrons. The summed E-state index contributed by atoms with van der Waals surface area (Å²) in [6.45, 7) is 3.76. The molecule has 7 heteroatoms. The fourth-order valence-electron chi connectivity index (χ4n) is 5.00. The highest BCUT2D eigenvalue weighted by molar-refractivity contribution is 5.87. The summed E-state index contributed by atoms with van der Waals surface area (Å²) in [6, 6.07) is 26.6. The molecule has 0 spiro atoms. The number of piperidine rings is 1. The van der Waals surface area contributed by atoms with Crippen molar-refractivity contribution in [2.24, 2.45) is 0 Å². The Kier molecular flexibility index (Phi) is 6.52. The lowest BCUT2D eigenvalue weighted by Crippen LogP contribution is -2.29. The van der Waals surface area contributed by atoms with Crippen LogP contribution in [0.15, 0.2) is 85.2 Å². The molecule has 186 valence electrons. The van der Waals surface area contributed by atoms with Gasteiger partial charge in [0.2, 0.25) is 0 Å². The largest absolute Gasteiger partial charge is 0.489 e. The third-order valence-electron chi connectivity index (χ3n) is 6.86. The molecule has 1 aliphatic rings. The predicted octanol–water partition coefficient (Wildman–Crippen LogP) is 5.61. The maximum absolute atomic E-state index is 6.36. The summed E-state index contributed by atoms with van der Waals surface area (Å²) in [5, 5.41) is 4.53. The fourth-order valence-corrected chi connectivity index (χ4v) is 5.00. The maximum Gasteiger partial charge on any atom is 0.162 e. The van der Waals surface area contributed by atoms with Crippen molar-refractivity contribution in [3.8, 4) is 28.4 Å². The zero-order valence-electron chi connectivity index (χ0n) is 20.8. The first-order valence-electron chi connectivity index (χ1n) is 12.8. The van der Waals surface area contributed by atoms with Gasteiger partial charge in [-0.25, -0.2) is 14.5 Å². The number of benzene rings is 3. The number of nitrogens with two attached hydrogens (primary N) is 1.